The summed E-state index contributed by atoms with van der Waals surface area (Å²) in [5, 5.41) is 9.74. The number of aryl methyl sites for hydroxylation is 1. The summed E-state index contributed by atoms with van der Waals surface area (Å²) in [6.07, 6.45) is 0.805. The van der Waals surface area contributed by atoms with E-state index in [9.17, 15) is 0 Å². The van der Waals surface area contributed by atoms with Crippen LogP contribution in [0.2, 0.25) is 0 Å². The van der Waals surface area contributed by atoms with Gasteiger partial charge in [0.05, 0.1) is 5.56 Å². The van der Waals surface area contributed by atoms with Gasteiger partial charge in [0, 0.05) is 17.3 Å². The van der Waals surface area contributed by atoms with Crippen molar-refractivity contribution < 1.29 is 0 Å². The van der Waals surface area contributed by atoms with Crippen molar-refractivity contribution in [2.75, 3.05) is 5.33 Å². The van der Waals surface area contributed by atoms with E-state index in [1.165, 1.54) is 0 Å². The molecule has 0 amide bonds. The number of halogens is 1. The van der Waals surface area contributed by atoms with Gasteiger partial charge in [-0.25, -0.2) is 0 Å². The first-order valence-electron chi connectivity index (χ1n) is 4.34. The Kier molecular flexibility index (Phi) is 4.23. The van der Waals surface area contributed by atoms with Crippen molar-refractivity contribution >= 4 is 15.9 Å². The summed E-state index contributed by atoms with van der Waals surface area (Å²) < 4.78 is 0. The molecule has 0 saturated carbocycles. The topological polar surface area (TPSA) is 23.8 Å². The van der Waals surface area contributed by atoms with Gasteiger partial charge in [-0.05, 0) is 18.6 Å². The number of hydrogen-bond acceptors (Lipinski definition) is 1. The molecule has 1 aromatic carbocycles. The molecule has 0 fully saturated rings. The molecule has 2 heteroatoms. The normalized spacial score (nSPS) is 8.64. The zero-order chi connectivity index (χ0) is 10.4. The molecule has 1 aromatic rings. The monoisotopic (exact) mass is 247 g/mol. The van der Waals surface area contributed by atoms with Gasteiger partial charge in [0.15, 0.2) is 0 Å². The molecule has 0 aliphatic rings. The summed E-state index contributed by atoms with van der Waals surface area (Å²) in [7, 11) is 0. The third-order valence-electron chi connectivity index (χ3n) is 1.83. The van der Waals surface area contributed by atoms with Crippen LogP contribution in [0.1, 0.15) is 23.1 Å². The van der Waals surface area contributed by atoms with Crippen molar-refractivity contribution in [1.82, 2.24) is 0 Å². The third kappa shape index (κ3) is 2.62. The molecule has 0 N–H and O–H groups in total. The van der Waals surface area contributed by atoms with Crippen LogP contribution >= 0.6 is 15.9 Å². The minimum absolute atomic E-state index is 0.659. The number of rotatable bonds is 1. The van der Waals surface area contributed by atoms with E-state index in [-0.39, 0.29) is 0 Å². The molecule has 0 aliphatic heterocycles. The Balaban J connectivity index is 3.08. The lowest BCUT2D eigenvalue weighted by Gasteiger charge is -1.98. The van der Waals surface area contributed by atoms with Crippen molar-refractivity contribution in [1.29, 1.82) is 5.26 Å². The maximum absolute atomic E-state index is 8.87. The molecule has 0 aromatic heterocycles. The SMILES string of the molecule is Cc1cccc(C#N)c1C#CCCBr. The molecule has 0 spiro atoms. The van der Waals surface area contributed by atoms with Gasteiger partial charge < -0.3 is 0 Å². The summed E-state index contributed by atoms with van der Waals surface area (Å²) >= 11 is 3.31. The van der Waals surface area contributed by atoms with E-state index in [0.717, 1.165) is 22.9 Å². The number of alkyl halides is 1. The average molecular weight is 248 g/mol. The molecule has 1 nitrogen and oxygen atoms in total. The highest BCUT2D eigenvalue weighted by Crippen LogP contribution is 2.11. The molecule has 70 valence electrons. The van der Waals surface area contributed by atoms with Crippen LogP contribution in [0.5, 0.6) is 0 Å². The van der Waals surface area contributed by atoms with Crippen molar-refractivity contribution in [2.24, 2.45) is 0 Å². The Labute approximate surface area is 92.9 Å². The minimum Gasteiger partial charge on any atom is -0.192 e. The molecule has 0 bridgehead atoms. The average Bonchev–Trinajstić information content (AvgIpc) is 2.20. The first kappa shape index (κ1) is 10.8. The molecule has 0 unspecified atom stereocenters. The molecule has 0 atom stereocenters. The molecular formula is C12H10BrN. The van der Waals surface area contributed by atoms with E-state index in [4.69, 9.17) is 5.26 Å². The van der Waals surface area contributed by atoms with Crippen molar-refractivity contribution in [3.63, 3.8) is 0 Å². The van der Waals surface area contributed by atoms with Crippen molar-refractivity contribution in [3.05, 3.63) is 34.9 Å². The van der Waals surface area contributed by atoms with Crippen LogP contribution in [0.4, 0.5) is 0 Å². The van der Waals surface area contributed by atoms with E-state index >= 15 is 0 Å². The minimum atomic E-state index is 0.659. The Morgan fingerprint density at radius 2 is 2.21 bits per heavy atom. The second-order valence-corrected chi connectivity index (χ2v) is 3.64. The fourth-order valence-electron chi connectivity index (χ4n) is 1.12. The quantitative estimate of drug-likeness (QED) is 0.553. The second-order valence-electron chi connectivity index (χ2n) is 2.85. The highest BCUT2D eigenvalue weighted by molar-refractivity contribution is 9.09. The van der Waals surface area contributed by atoms with E-state index in [2.05, 4.69) is 33.8 Å². The van der Waals surface area contributed by atoms with Gasteiger partial charge in [-0.15, -0.1) is 0 Å². The highest BCUT2D eigenvalue weighted by atomic mass is 79.9. The summed E-state index contributed by atoms with van der Waals surface area (Å²) in [4.78, 5) is 0. The summed E-state index contributed by atoms with van der Waals surface area (Å²) in [6, 6.07) is 7.80. The Bertz CT molecular complexity index is 418. The largest absolute Gasteiger partial charge is 0.192 e. The fourth-order valence-corrected chi connectivity index (χ4v) is 1.32. The number of benzene rings is 1. The first-order chi connectivity index (χ1) is 6.79. The lowest BCUT2D eigenvalue weighted by molar-refractivity contribution is 1.31. The maximum atomic E-state index is 8.87. The van der Waals surface area contributed by atoms with Gasteiger partial charge in [-0.2, -0.15) is 5.26 Å². The molecular weight excluding hydrogens is 238 g/mol. The van der Waals surface area contributed by atoms with E-state index in [0.29, 0.717) is 5.56 Å². The number of hydrogen-bond donors (Lipinski definition) is 0. The number of nitriles is 1. The molecule has 0 saturated heterocycles. The van der Waals surface area contributed by atoms with Crippen LogP contribution in [-0.4, -0.2) is 5.33 Å². The summed E-state index contributed by atoms with van der Waals surface area (Å²) in [5.41, 5.74) is 2.58. The highest BCUT2D eigenvalue weighted by Gasteiger charge is 2.00. The van der Waals surface area contributed by atoms with Crippen LogP contribution in [0, 0.1) is 30.1 Å². The molecule has 0 aliphatic carbocycles. The van der Waals surface area contributed by atoms with Gasteiger partial charge in [-0.1, -0.05) is 39.9 Å². The lowest BCUT2D eigenvalue weighted by atomic mass is 10.0. The molecule has 0 radical (unpaired) electrons. The van der Waals surface area contributed by atoms with Gasteiger partial charge in [0.1, 0.15) is 6.07 Å². The van der Waals surface area contributed by atoms with E-state index in [1.54, 1.807) is 6.07 Å². The predicted molar refractivity (Wildman–Crippen MR) is 61.2 cm³/mol. The van der Waals surface area contributed by atoms with Crippen molar-refractivity contribution in [2.45, 2.75) is 13.3 Å². The van der Waals surface area contributed by atoms with Gasteiger partial charge in [-0.3, -0.25) is 0 Å². The Hall–Kier alpha value is -1.25. The third-order valence-corrected chi connectivity index (χ3v) is 2.22. The predicted octanol–water partition coefficient (Wildman–Crippen LogP) is 3.00. The van der Waals surface area contributed by atoms with Crippen LogP contribution in [0.25, 0.3) is 0 Å². The molecule has 1 rings (SSSR count). The van der Waals surface area contributed by atoms with Crippen LogP contribution in [-0.2, 0) is 0 Å². The number of nitrogens with zero attached hydrogens (tertiary/aromatic N) is 1. The Morgan fingerprint density at radius 1 is 1.43 bits per heavy atom. The van der Waals surface area contributed by atoms with Gasteiger partial charge in [0.25, 0.3) is 0 Å². The molecule has 14 heavy (non-hydrogen) atoms. The maximum Gasteiger partial charge on any atom is 0.100 e. The first-order valence-corrected chi connectivity index (χ1v) is 5.46. The van der Waals surface area contributed by atoms with Gasteiger partial charge >= 0.3 is 0 Å². The van der Waals surface area contributed by atoms with E-state index < -0.39 is 0 Å². The zero-order valence-electron chi connectivity index (χ0n) is 7.97. The zero-order valence-corrected chi connectivity index (χ0v) is 9.56. The molecule has 0 heterocycles. The van der Waals surface area contributed by atoms with Crippen LogP contribution in [0.3, 0.4) is 0 Å². The van der Waals surface area contributed by atoms with Crippen molar-refractivity contribution in [3.8, 4) is 17.9 Å². The fraction of sp³-hybridized carbons (Fsp3) is 0.250. The summed E-state index contributed by atoms with van der Waals surface area (Å²) in [6.45, 7) is 1.97. The lowest BCUT2D eigenvalue weighted by Crippen LogP contribution is -1.87. The van der Waals surface area contributed by atoms with Gasteiger partial charge in [0.2, 0.25) is 0 Å². The van der Waals surface area contributed by atoms with Crippen LogP contribution < -0.4 is 0 Å². The smallest absolute Gasteiger partial charge is 0.100 e. The second kappa shape index (κ2) is 5.47. The summed E-state index contributed by atoms with van der Waals surface area (Å²) in [5.74, 6) is 6.05. The van der Waals surface area contributed by atoms with E-state index in [1.807, 2.05) is 19.1 Å². The standard InChI is InChI=1S/C12H10BrN/c1-10-5-4-6-11(9-14)12(10)7-2-3-8-13/h4-6H,3,8H2,1H3. The van der Waals surface area contributed by atoms with Crippen LogP contribution in [0.15, 0.2) is 18.2 Å². The Morgan fingerprint density at radius 3 is 2.86 bits per heavy atom.